The van der Waals surface area contributed by atoms with Crippen LogP contribution in [0.15, 0.2) is 47.5 Å². The topological polar surface area (TPSA) is 88.1 Å². The Morgan fingerprint density at radius 2 is 2.00 bits per heavy atom. The summed E-state index contributed by atoms with van der Waals surface area (Å²) >= 11 is 1.31. The molecule has 164 valence electrons. The number of hydrogen-bond acceptors (Lipinski definition) is 7. The molecule has 4 rings (SSSR count). The summed E-state index contributed by atoms with van der Waals surface area (Å²) in [5, 5.41) is 3.61. The molecule has 0 bridgehead atoms. The monoisotopic (exact) mass is 459 g/mol. The van der Waals surface area contributed by atoms with E-state index in [9.17, 15) is 13.2 Å². The van der Waals surface area contributed by atoms with Crippen LogP contribution in [0.25, 0.3) is 0 Å². The summed E-state index contributed by atoms with van der Waals surface area (Å²) < 4.78 is 29.9. The number of thioether (sulfide) groups is 1. The molecule has 0 spiro atoms. The minimum absolute atomic E-state index is 0.0298. The Labute approximate surface area is 186 Å². The van der Waals surface area contributed by atoms with E-state index in [1.807, 2.05) is 61.2 Å². The first-order valence-electron chi connectivity index (χ1n) is 9.98. The highest BCUT2D eigenvalue weighted by atomic mass is 32.2. The standard InChI is InChI=1S/C22H25N3O4S2/c1-14-8-9-15(2)16(10-14)23-21(26)11-30-22-24-17-12-31(27,28)13-19(17)25(22)18-6-4-5-7-20(18)29-3/h4-10,17,19H,11-13H2,1-3H3,(H,23,26). The molecule has 0 aromatic heterocycles. The Balaban J connectivity index is 1.54. The molecule has 0 aliphatic carbocycles. The number of amides is 1. The van der Waals surface area contributed by atoms with E-state index in [1.165, 1.54) is 11.8 Å². The summed E-state index contributed by atoms with van der Waals surface area (Å²) in [7, 11) is -1.57. The molecular weight excluding hydrogens is 434 g/mol. The van der Waals surface area contributed by atoms with Gasteiger partial charge in [0, 0.05) is 5.69 Å². The third-order valence-electron chi connectivity index (χ3n) is 5.45. The van der Waals surface area contributed by atoms with Crippen molar-refractivity contribution in [2.45, 2.75) is 25.9 Å². The number of hydrogen-bond donors (Lipinski definition) is 1. The number of ether oxygens (including phenoxy) is 1. The number of carbonyl (C=O) groups is 1. The summed E-state index contributed by atoms with van der Waals surface area (Å²) in [6.45, 7) is 3.93. The van der Waals surface area contributed by atoms with Crippen LogP contribution in [0.2, 0.25) is 0 Å². The van der Waals surface area contributed by atoms with E-state index < -0.39 is 9.84 Å². The molecule has 0 radical (unpaired) electrons. The number of nitrogens with zero attached hydrogens (tertiary/aromatic N) is 2. The van der Waals surface area contributed by atoms with Crippen molar-refractivity contribution in [1.29, 1.82) is 0 Å². The minimum atomic E-state index is -3.15. The second kappa shape index (κ2) is 8.55. The molecule has 31 heavy (non-hydrogen) atoms. The molecule has 2 aliphatic rings. The predicted molar refractivity (Wildman–Crippen MR) is 126 cm³/mol. The maximum atomic E-state index is 12.6. The average molecular weight is 460 g/mol. The number of anilines is 2. The summed E-state index contributed by atoms with van der Waals surface area (Å²) in [5.41, 5.74) is 3.63. The number of benzene rings is 2. The number of nitrogens with one attached hydrogen (secondary N) is 1. The Morgan fingerprint density at radius 1 is 1.23 bits per heavy atom. The molecule has 2 atom stereocenters. The van der Waals surface area contributed by atoms with Gasteiger partial charge in [-0.1, -0.05) is 36.0 Å². The highest BCUT2D eigenvalue weighted by Gasteiger charge is 2.47. The van der Waals surface area contributed by atoms with E-state index >= 15 is 0 Å². The van der Waals surface area contributed by atoms with Crippen molar-refractivity contribution in [2.24, 2.45) is 4.99 Å². The van der Waals surface area contributed by atoms with Crippen LogP contribution in [0.3, 0.4) is 0 Å². The second-order valence-electron chi connectivity index (χ2n) is 7.82. The van der Waals surface area contributed by atoms with Crippen molar-refractivity contribution in [3.63, 3.8) is 0 Å². The maximum Gasteiger partial charge on any atom is 0.234 e. The summed E-state index contributed by atoms with van der Waals surface area (Å²) in [4.78, 5) is 19.2. The van der Waals surface area contributed by atoms with Gasteiger partial charge < -0.3 is 15.0 Å². The van der Waals surface area contributed by atoms with Crippen LogP contribution in [0.5, 0.6) is 5.75 Å². The first-order chi connectivity index (χ1) is 14.8. The zero-order valence-corrected chi connectivity index (χ0v) is 19.3. The van der Waals surface area contributed by atoms with Crippen LogP contribution in [0, 0.1) is 13.8 Å². The number of para-hydroxylation sites is 2. The molecule has 7 nitrogen and oxygen atoms in total. The fraction of sp³-hybridized carbons (Fsp3) is 0.364. The van der Waals surface area contributed by atoms with Crippen molar-refractivity contribution in [3.05, 3.63) is 53.6 Å². The third-order valence-corrected chi connectivity index (χ3v) is 8.12. The first-order valence-corrected chi connectivity index (χ1v) is 12.8. The zero-order chi connectivity index (χ0) is 22.2. The van der Waals surface area contributed by atoms with Crippen molar-refractivity contribution in [1.82, 2.24) is 0 Å². The highest BCUT2D eigenvalue weighted by molar-refractivity contribution is 8.14. The van der Waals surface area contributed by atoms with Gasteiger partial charge in [0.2, 0.25) is 5.91 Å². The third kappa shape index (κ3) is 4.57. The lowest BCUT2D eigenvalue weighted by Gasteiger charge is -2.27. The maximum absolute atomic E-state index is 12.6. The zero-order valence-electron chi connectivity index (χ0n) is 17.7. The number of fused-ring (bicyclic) bond motifs is 1. The fourth-order valence-corrected chi connectivity index (χ4v) is 6.69. The van der Waals surface area contributed by atoms with E-state index in [2.05, 4.69) is 10.3 Å². The average Bonchev–Trinajstić information content (AvgIpc) is 3.20. The number of methoxy groups -OCH3 is 1. The van der Waals surface area contributed by atoms with Crippen molar-refractivity contribution < 1.29 is 17.9 Å². The summed E-state index contributed by atoms with van der Waals surface area (Å²) in [6.07, 6.45) is 0. The van der Waals surface area contributed by atoms with Crippen LogP contribution in [0.1, 0.15) is 11.1 Å². The van der Waals surface area contributed by atoms with Crippen LogP contribution >= 0.6 is 11.8 Å². The van der Waals surface area contributed by atoms with Crippen LogP contribution in [-0.4, -0.2) is 55.9 Å². The second-order valence-corrected chi connectivity index (χ2v) is 10.9. The Morgan fingerprint density at radius 3 is 2.77 bits per heavy atom. The van der Waals surface area contributed by atoms with E-state index in [-0.39, 0.29) is 35.2 Å². The van der Waals surface area contributed by atoms with Gasteiger partial charge in [0.25, 0.3) is 0 Å². The number of carbonyl (C=O) groups excluding carboxylic acids is 1. The van der Waals surface area contributed by atoms with E-state index in [4.69, 9.17) is 4.74 Å². The first kappa shape index (κ1) is 21.7. The number of amidine groups is 1. The van der Waals surface area contributed by atoms with Gasteiger partial charge >= 0.3 is 0 Å². The molecule has 1 fully saturated rings. The van der Waals surface area contributed by atoms with Crippen LogP contribution in [-0.2, 0) is 14.6 Å². The van der Waals surface area contributed by atoms with Gasteiger partial charge in [0.15, 0.2) is 15.0 Å². The molecule has 2 unspecified atom stereocenters. The normalized spacial score (nSPS) is 21.5. The van der Waals surface area contributed by atoms with Gasteiger partial charge in [-0.3, -0.25) is 9.79 Å². The van der Waals surface area contributed by atoms with Gasteiger partial charge in [-0.05, 0) is 43.2 Å². The Bertz CT molecular complexity index is 1150. The molecule has 1 amide bonds. The summed E-state index contributed by atoms with van der Waals surface area (Å²) in [6, 6.07) is 12.8. The largest absolute Gasteiger partial charge is 0.495 e. The molecule has 2 aromatic carbocycles. The molecule has 1 saturated heterocycles. The summed E-state index contributed by atoms with van der Waals surface area (Å²) in [5.74, 6) is 0.746. The molecule has 0 saturated carbocycles. The quantitative estimate of drug-likeness (QED) is 0.740. The molecule has 2 aliphatic heterocycles. The van der Waals surface area contributed by atoms with Gasteiger partial charge in [-0.2, -0.15) is 0 Å². The molecule has 2 aromatic rings. The number of sulfone groups is 1. The van der Waals surface area contributed by atoms with Crippen molar-refractivity contribution >= 4 is 44.0 Å². The molecular formula is C22H25N3O4S2. The van der Waals surface area contributed by atoms with Crippen LogP contribution in [0.4, 0.5) is 11.4 Å². The van der Waals surface area contributed by atoms with Crippen molar-refractivity contribution in [3.8, 4) is 5.75 Å². The van der Waals surface area contributed by atoms with Crippen LogP contribution < -0.4 is 15.0 Å². The molecule has 9 heteroatoms. The van der Waals surface area contributed by atoms with Gasteiger partial charge in [0.1, 0.15) is 5.75 Å². The Kier molecular flexibility index (Phi) is 5.98. The van der Waals surface area contributed by atoms with E-state index in [0.29, 0.717) is 10.9 Å². The SMILES string of the molecule is COc1ccccc1N1C(SCC(=O)Nc2cc(C)ccc2C)=NC2CS(=O)(=O)CC21. The van der Waals surface area contributed by atoms with Gasteiger partial charge in [-0.25, -0.2) is 8.42 Å². The minimum Gasteiger partial charge on any atom is -0.495 e. The lowest BCUT2D eigenvalue weighted by Crippen LogP contribution is -2.39. The number of aryl methyl sites for hydroxylation is 2. The van der Waals surface area contributed by atoms with Crippen molar-refractivity contribution in [2.75, 3.05) is 34.6 Å². The van der Waals surface area contributed by atoms with E-state index in [1.54, 1.807) is 7.11 Å². The lowest BCUT2D eigenvalue weighted by atomic mass is 10.1. The van der Waals surface area contributed by atoms with Gasteiger partial charge in [0.05, 0.1) is 42.1 Å². The fourth-order valence-electron chi connectivity index (χ4n) is 3.93. The predicted octanol–water partition coefficient (Wildman–Crippen LogP) is 3.03. The molecule has 1 N–H and O–H groups in total. The number of rotatable bonds is 5. The molecule has 2 heterocycles. The smallest absolute Gasteiger partial charge is 0.234 e. The number of aliphatic imine (C=N–C) groups is 1. The lowest BCUT2D eigenvalue weighted by molar-refractivity contribution is -0.113. The Hall–Kier alpha value is -2.52. The highest BCUT2D eigenvalue weighted by Crippen LogP contribution is 2.39. The van der Waals surface area contributed by atoms with E-state index in [0.717, 1.165) is 22.5 Å². The van der Waals surface area contributed by atoms with Gasteiger partial charge in [-0.15, -0.1) is 0 Å².